The Balaban J connectivity index is 1.56. The van der Waals surface area contributed by atoms with Crippen molar-refractivity contribution in [1.82, 2.24) is 19.7 Å². The molecule has 0 N–H and O–H groups in total. The highest BCUT2D eigenvalue weighted by Crippen LogP contribution is 2.33. The maximum atomic E-state index is 13.3. The maximum absolute atomic E-state index is 13.3. The van der Waals surface area contributed by atoms with Gasteiger partial charge >= 0.3 is 0 Å². The summed E-state index contributed by atoms with van der Waals surface area (Å²) in [5.41, 5.74) is 4.34. The first-order valence-electron chi connectivity index (χ1n) is 10.1. The molecule has 2 aromatic heterocycles. The van der Waals surface area contributed by atoms with E-state index in [1.807, 2.05) is 41.8 Å². The van der Waals surface area contributed by atoms with Crippen LogP contribution in [0.3, 0.4) is 0 Å². The van der Waals surface area contributed by atoms with Gasteiger partial charge < -0.3 is 19.1 Å². The van der Waals surface area contributed by atoms with Gasteiger partial charge in [-0.1, -0.05) is 12.1 Å². The van der Waals surface area contributed by atoms with Crippen molar-refractivity contribution >= 4 is 5.91 Å². The Morgan fingerprint density at radius 1 is 1.13 bits per heavy atom. The van der Waals surface area contributed by atoms with Crippen molar-refractivity contribution in [3.8, 4) is 17.4 Å². The molecular weight excluding hydrogens is 396 g/mol. The van der Waals surface area contributed by atoms with Gasteiger partial charge in [0.05, 0.1) is 19.8 Å². The van der Waals surface area contributed by atoms with Gasteiger partial charge in [0.2, 0.25) is 5.88 Å². The first-order valence-corrected chi connectivity index (χ1v) is 10.1. The zero-order valence-electron chi connectivity index (χ0n) is 18.2. The molecule has 0 radical (unpaired) electrons. The third-order valence-electron chi connectivity index (χ3n) is 5.47. The second-order valence-corrected chi connectivity index (χ2v) is 7.42. The van der Waals surface area contributed by atoms with Gasteiger partial charge in [0.15, 0.2) is 11.5 Å². The number of hydrogen-bond donors (Lipinski definition) is 0. The molecular formula is C23H26N4O4. The monoisotopic (exact) mass is 422 g/mol. The maximum Gasteiger partial charge on any atom is 0.258 e. The number of aromatic nitrogens is 3. The minimum absolute atomic E-state index is 0.0996. The van der Waals surface area contributed by atoms with Gasteiger partial charge in [-0.15, -0.1) is 0 Å². The molecule has 1 aliphatic rings. The lowest BCUT2D eigenvalue weighted by molar-refractivity contribution is 0.0728. The van der Waals surface area contributed by atoms with Gasteiger partial charge in [-0.05, 0) is 25.1 Å². The second kappa shape index (κ2) is 8.67. The van der Waals surface area contributed by atoms with Gasteiger partial charge in [-0.25, -0.2) is 4.98 Å². The summed E-state index contributed by atoms with van der Waals surface area (Å²) in [6.07, 6.45) is 0.722. The van der Waals surface area contributed by atoms with Crippen LogP contribution in [0.1, 0.15) is 33.0 Å². The standard InChI is InChI=1S/C23H26N4O4/c1-15-7-5-10-21(24-15)31-14-18-17-13-27(12-11-19(17)26(2)25-18)23(28)16-8-6-9-20(29-3)22(16)30-4/h5-10H,11-14H2,1-4H3. The molecule has 4 rings (SSSR count). The van der Waals surface area contributed by atoms with Crippen LogP contribution in [0.2, 0.25) is 0 Å². The fourth-order valence-electron chi connectivity index (χ4n) is 3.93. The minimum atomic E-state index is -0.0996. The predicted octanol–water partition coefficient (Wildman–Crippen LogP) is 2.92. The summed E-state index contributed by atoms with van der Waals surface area (Å²) in [5, 5.41) is 4.64. The van der Waals surface area contributed by atoms with E-state index in [0.717, 1.165) is 29.1 Å². The molecule has 8 nitrogen and oxygen atoms in total. The van der Waals surface area contributed by atoms with Crippen molar-refractivity contribution in [3.63, 3.8) is 0 Å². The average Bonchev–Trinajstić information content (AvgIpc) is 3.11. The summed E-state index contributed by atoms with van der Waals surface area (Å²) in [4.78, 5) is 19.5. The van der Waals surface area contributed by atoms with Crippen LogP contribution in [0, 0.1) is 6.92 Å². The minimum Gasteiger partial charge on any atom is -0.493 e. The Labute approximate surface area is 181 Å². The third-order valence-corrected chi connectivity index (χ3v) is 5.47. The van der Waals surface area contributed by atoms with Crippen molar-refractivity contribution in [3.05, 3.63) is 64.6 Å². The molecule has 0 saturated heterocycles. The summed E-state index contributed by atoms with van der Waals surface area (Å²) in [6.45, 7) is 3.28. The first kappa shape index (κ1) is 20.7. The molecule has 0 unspecified atom stereocenters. The number of carbonyl (C=O) groups excluding carboxylic acids is 1. The second-order valence-electron chi connectivity index (χ2n) is 7.42. The lowest BCUT2D eigenvalue weighted by Gasteiger charge is -2.28. The topological polar surface area (TPSA) is 78.7 Å². The number of nitrogens with zero attached hydrogens (tertiary/aromatic N) is 4. The quantitative estimate of drug-likeness (QED) is 0.608. The van der Waals surface area contributed by atoms with Gasteiger partial charge in [0, 0.05) is 49.6 Å². The van der Waals surface area contributed by atoms with E-state index in [9.17, 15) is 4.79 Å². The molecule has 1 aliphatic heterocycles. The number of pyridine rings is 1. The molecule has 3 aromatic rings. The number of carbonyl (C=O) groups is 1. The number of amides is 1. The van der Waals surface area contributed by atoms with E-state index >= 15 is 0 Å². The number of para-hydroxylation sites is 1. The number of fused-ring (bicyclic) bond motifs is 1. The summed E-state index contributed by atoms with van der Waals surface area (Å²) in [5.74, 6) is 1.44. The number of methoxy groups -OCH3 is 2. The lowest BCUT2D eigenvalue weighted by atomic mass is 10.0. The van der Waals surface area contributed by atoms with Crippen molar-refractivity contribution < 1.29 is 19.0 Å². The smallest absolute Gasteiger partial charge is 0.258 e. The fourth-order valence-corrected chi connectivity index (χ4v) is 3.93. The van der Waals surface area contributed by atoms with Crippen LogP contribution >= 0.6 is 0 Å². The molecule has 0 atom stereocenters. The summed E-state index contributed by atoms with van der Waals surface area (Å²) < 4.78 is 18.6. The normalized spacial score (nSPS) is 13.0. The van der Waals surface area contributed by atoms with Crippen molar-refractivity contribution in [2.24, 2.45) is 7.05 Å². The van der Waals surface area contributed by atoms with Gasteiger partial charge in [-0.2, -0.15) is 5.10 Å². The lowest BCUT2D eigenvalue weighted by Crippen LogP contribution is -2.36. The molecule has 0 fully saturated rings. The molecule has 0 spiro atoms. The Kier molecular flexibility index (Phi) is 5.79. The Bertz CT molecular complexity index is 1110. The first-order chi connectivity index (χ1) is 15.0. The summed E-state index contributed by atoms with van der Waals surface area (Å²) >= 11 is 0. The van der Waals surface area contributed by atoms with Crippen LogP contribution in [0.15, 0.2) is 36.4 Å². The molecule has 1 amide bonds. The number of benzene rings is 1. The van der Waals surface area contributed by atoms with E-state index in [1.54, 1.807) is 32.4 Å². The van der Waals surface area contributed by atoms with Crippen LogP contribution in [0.4, 0.5) is 0 Å². The SMILES string of the molecule is COc1cccc(C(=O)N2CCc3c(c(COc4cccc(C)n4)nn3C)C2)c1OC. The number of ether oxygens (including phenoxy) is 3. The Morgan fingerprint density at radius 2 is 1.94 bits per heavy atom. The van der Waals surface area contributed by atoms with Crippen molar-refractivity contribution in [2.75, 3.05) is 20.8 Å². The average molecular weight is 422 g/mol. The van der Waals surface area contributed by atoms with Crippen LogP contribution in [-0.2, 0) is 26.6 Å². The zero-order valence-corrected chi connectivity index (χ0v) is 18.2. The van der Waals surface area contributed by atoms with E-state index in [0.29, 0.717) is 42.6 Å². The zero-order chi connectivity index (χ0) is 22.0. The van der Waals surface area contributed by atoms with Gasteiger partial charge in [-0.3, -0.25) is 9.48 Å². The van der Waals surface area contributed by atoms with Crippen LogP contribution in [0.25, 0.3) is 0 Å². The highest BCUT2D eigenvalue weighted by Gasteiger charge is 2.29. The van der Waals surface area contributed by atoms with Crippen LogP contribution in [-0.4, -0.2) is 46.3 Å². The highest BCUT2D eigenvalue weighted by molar-refractivity contribution is 5.98. The van der Waals surface area contributed by atoms with Crippen LogP contribution < -0.4 is 14.2 Å². The molecule has 0 aliphatic carbocycles. The van der Waals surface area contributed by atoms with Crippen molar-refractivity contribution in [1.29, 1.82) is 0 Å². The molecule has 31 heavy (non-hydrogen) atoms. The molecule has 3 heterocycles. The molecule has 0 bridgehead atoms. The molecule has 162 valence electrons. The summed E-state index contributed by atoms with van der Waals surface area (Å²) in [7, 11) is 5.03. The van der Waals surface area contributed by atoms with E-state index in [2.05, 4.69) is 10.1 Å². The van der Waals surface area contributed by atoms with Gasteiger partial charge in [0.25, 0.3) is 5.91 Å². The Hall–Kier alpha value is -3.55. The van der Waals surface area contributed by atoms with Gasteiger partial charge in [0.1, 0.15) is 12.3 Å². The van der Waals surface area contributed by atoms with Crippen molar-refractivity contribution in [2.45, 2.75) is 26.5 Å². The third kappa shape index (κ3) is 4.05. The fraction of sp³-hybridized carbons (Fsp3) is 0.348. The largest absolute Gasteiger partial charge is 0.493 e. The number of hydrogen-bond acceptors (Lipinski definition) is 6. The Morgan fingerprint density at radius 3 is 2.68 bits per heavy atom. The summed E-state index contributed by atoms with van der Waals surface area (Å²) in [6, 6.07) is 11.0. The molecule has 8 heteroatoms. The number of rotatable bonds is 6. The van der Waals surface area contributed by atoms with E-state index in [-0.39, 0.29) is 5.91 Å². The number of aryl methyl sites for hydroxylation is 2. The van der Waals surface area contributed by atoms with E-state index < -0.39 is 0 Å². The predicted molar refractivity (Wildman–Crippen MR) is 115 cm³/mol. The van der Waals surface area contributed by atoms with E-state index in [1.165, 1.54) is 0 Å². The highest BCUT2D eigenvalue weighted by atomic mass is 16.5. The molecule has 0 saturated carbocycles. The molecule has 1 aromatic carbocycles. The van der Waals surface area contributed by atoms with E-state index in [4.69, 9.17) is 14.2 Å². The van der Waals surface area contributed by atoms with Crippen LogP contribution in [0.5, 0.6) is 17.4 Å².